The zero-order chi connectivity index (χ0) is 15.6. The molecule has 1 aromatic carbocycles. The molecule has 6 heteroatoms. The molecular formula is C15H18N2O4. The van der Waals surface area contributed by atoms with Gasteiger partial charge < -0.3 is 10.5 Å². The van der Waals surface area contributed by atoms with Gasteiger partial charge in [-0.25, -0.2) is 0 Å². The van der Waals surface area contributed by atoms with Crippen LogP contribution in [0.5, 0.6) is 0 Å². The van der Waals surface area contributed by atoms with Gasteiger partial charge >= 0.3 is 5.97 Å². The van der Waals surface area contributed by atoms with Crippen molar-refractivity contribution in [3.63, 3.8) is 0 Å². The minimum absolute atomic E-state index is 0.167. The van der Waals surface area contributed by atoms with Crippen LogP contribution in [0.2, 0.25) is 0 Å². The molecular weight excluding hydrogens is 272 g/mol. The lowest BCUT2D eigenvalue weighted by molar-refractivity contribution is -0.147. The number of amides is 2. The number of benzene rings is 1. The average Bonchev–Trinajstić information content (AvgIpc) is 2.62. The lowest BCUT2D eigenvalue weighted by Gasteiger charge is -2.13. The number of hydrogen-bond donors (Lipinski definition) is 1. The van der Waals surface area contributed by atoms with Crippen molar-refractivity contribution in [2.75, 3.05) is 12.3 Å². The number of anilines is 1. The Hall–Kier alpha value is -2.37. The Morgan fingerprint density at radius 2 is 1.90 bits per heavy atom. The molecule has 1 aliphatic heterocycles. The van der Waals surface area contributed by atoms with Gasteiger partial charge in [0.15, 0.2) is 0 Å². The Labute approximate surface area is 122 Å². The first-order chi connectivity index (χ1) is 9.90. The summed E-state index contributed by atoms with van der Waals surface area (Å²) in [5, 5.41) is 0. The van der Waals surface area contributed by atoms with E-state index in [2.05, 4.69) is 0 Å². The van der Waals surface area contributed by atoms with Gasteiger partial charge in [-0.3, -0.25) is 19.3 Å². The number of ether oxygens (including phenoxy) is 1. The number of rotatable bonds is 5. The van der Waals surface area contributed by atoms with Crippen LogP contribution in [0, 0.1) is 0 Å². The van der Waals surface area contributed by atoms with Crippen LogP contribution in [0.15, 0.2) is 18.2 Å². The summed E-state index contributed by atoms with van der Waals surface area (Å²) in [5.41, 5.74) is 6.75. The fraction of sp³-hybridized carbons (Fsp3) is 0.400. The Balaban J connectivity index is 1.96. The molecule has 2 rings (SSSR count). The number of nitrogen functional groups attached to an aromatic ring is 1. The smallest absolute Gasteiger partial charge is 0.306 e. The van der Waals surface area contributed by atoms with Crippen LogP contribution in [0.4, 0.5) is 5.69 Å². The highest BCUT2D eigenvalue weighted by molar-refractivity contribution is 6.21. The summed E-state index contributed by atoms with van der Waals surface area (Å²) in [5.74, 6) is -1.03. The van der Waals surface area contributed by atoms with Gasteiger partial charge in [0.1, 0.15) is 0 Å². The van der Waals surface area contributed by atoms with Crippen molar-refractivity contribution < 1.29 is 19.1 Å². The molecule has 2 N–H and O–H groups in total. The molecule has 0 bridgehead atoms. The van der Waals surface area contributed by atoms with Crippen LogP contribution >= 0.6 is 0 Å². The third-order valence-corrected chi connectivity index (χ3v) is 3.12. The predicted octanol–water partition coefficient (Wildman–Crippen LogP) is 1.60. The van der Waals surface area contributed by atoms with Crippen molar-refractivity contribution in [3.8, 4) is 0 Å². The van der Waals surface area contributed by atoms with Gasteiger partial charge in [0, 0.05) is 18.7 Å². The van der Waals surface area contributed by atoms with E-state index in [0.717, 1.165) is 4.90 Å². The maximum Gasteiger partial charge on any atom is 0.306 e. The molecule has 0 aromatic heterocycles. The van der Waals surface area contributed by atoms with E-state index in [1.54, 1.807) is 26.0 Å². The zero-order valence-electron chi connectivity index (χ0n) is 12.1. The van der Waals surface area contributed by atoms with Crippen LogP contribution in [-0.2, 0) is 9.53 Å². The number of nitrogens with zero attached hydrogens (tertiary/aromatic N) is 1. The Bertz CT molecular complexity index is 595. The van der Waals surface area contributed by atoms with Crippen LogP contribution < -0.4 is 5.73 Å². The number of nitrogens with two attached hydrogens (primary N) is 1. The molecule has 0 atom stereocenters. The van der Waals surface area contributed by atoms with Crippen LogP contribution in [-0.4, -0.2) is 35.3 Å². The molecule has 1 heterocycles. The fourth-order valence-corrected chi connectivity index (χ4v) is 2.21. The molecule has 0 radical (unpaired) electrons. The predicted molar refractivity (Wildman–Crippen MR) is 76.7 cm³/mol. The second kappa shape index (κ2) is 5.95. The molecule has 0 aliphatic carbocycles. The third-order valence-electron chi connectivity index (χ3n) is 3.12. The largest absolute Gasteiger partial charge is 0.463 e. The summed E-state index contributed by atoms with van der Waals surface area (Å²) in [6.45, 7) is 3.73. The molecule has 21 heavy (non-hydrogen) atoms. The highest BCUT2D eigenvalue weighted by atomic mass is 16.5. The molecule has 1 aromatic rings. The van der Waals surface area contributed by atoms with Gasteiger partial charge in [-0.2, -0.15) is 0 Å². The summed E-state index contributed by atoms with van der Waals surface area (Å²) in [4.78, 5) is 36.8. The van der Waals surface area contributed by atoms with E-state index >= 15 is 0 Å². The first kappa shape index (κ1) is 15.0. The quantitative estimate of drug-likeness (QED) is 0.505. The van der Waals surface area contributed by atoms with Crippen molar-refractivity contribution in [1.29, 1.82) is 0 Å². The van der Waals surface area contributed by atoms with Gasteiger partial charge in [-0.15, -0.1) is 0 Å². The summed E-state index contributed by atoms with van der Waals surface area (Å²) < 4.78 is 5.00. The van der Waals surface area contributed by atoms with Crippen molar-refractivity contribution in [3.05, 3.63) is 29.3 Å². The minimum atomic E-state index is -0.362. The van der Waals surface area contributed by atoms with E-state index in [-0.39, 0.29) is 36.9 Å². The molecule has 112 valence electrons. The molecule has 0 unspecified atom stereocenters. The number of carbonyl (C=O) groups excluding carboxylic acids is 3. The molecule has 0 spiro atoms. The van der Waals surface area contributed by atoms with Crippen molar-refractivity contribution in [2.45, 2.75) is 32.8 Å². The molecule has 0 saturated heterocycles. The monoisotopic (exact) mass is 290 g/mol. The average molecular weight is 290 g/mol. The first-order valence-corrected chi connectivity index (χ1v) is 6.85. The van der Waals surface area contributed by atoms with Gasteiger partial charge in [0.25, 0.3) is 11.8 Å². The zero-order valence-corrected chi connectivity index (χ0v) is 12.1. The van der Waals surface area contributed by atoms with Crippen molar-refractivity contribution in [1.82, 2.24) is 4.90 Å². The summed E-state index contributed by atoms with van der Waals surface area (Å²) >= 11 is 0. The minimum Gasteiger partial charge on any atom is -0.463 e. The summed E-state index contributed by atoms with van der Waals surface area (Å²) in [6, 6.07) is 4.65. The number of hydrogen-bond acceptors (Lipinski definition) is 5. The van der Waals surface area contributed by atoms with E-state index in [1.807, 2.05) is 0 Å². The van der Waals surface area contributed by atoms with Crippen LogP contribution in [0.25, 0.3) is 0 Å². The lowest BCUT2D eigenvalue weighted by atomic mass is 10.1. The first-order valence-electron chi connectivity index (χ1n) is 6.85. The number of carbonyl (C=O) groups is 3. The number of fused-ring (bicyclic) bond motifs is 1. The van der Waals surface area contributed by atoms with Gasteiger partial charge in [0.2, 0.25) is 0 Å². The molecule has 0 saturated carbocycles. The fourth-order valence-electron chi connectivity index (χ4n) is 2.21. The normalized spacial score (nSPS) is 13.8. The molecule has 2 amide bonds. The highest BCUT2D eigenvalue weighted by Gasteiger charge is 2.35. The van der Waals surface area contributed by atoms with E-state index < -0.39 is 0 Å². The lowest BCUT2D eigenvalue weighted by Crippen LogP contribution is -2.31. The van der Waals surface area contributed by atoms with E-state index in [1.165, 1.54) is 6.07 Å². The van der Waals surface area contributed by atoms with E-state index in [4.69, 9.17) is 10.5 Å². The SMILES string of the molecule is CC(C)OC(=O)CCCN1C(=O)c2ccc(N)cc2C1=O. The number of esters is 1. The van der Waals surface area contributed by atoms with Crippen LogP contribution in [0.1, 0.15) is 47.4 Å². The Morgan fingerprint density at radius 3 is 2.57 bits per heavy atom. The van der Waals surface area contributed by atoms with Gasteiger partial charge in [0.05, 0.1) is 17.2 Å². The van der Waals surface area contributed by atoms with E-state index in [9.17, 15) is 14.4 Å². The second-order valence-electron chi connectivity index (χ2n) is 5.21. The second-order valence-corrected chi connectivity index (χ2v) is 5.21. The van der Waals surface area contributed by atoms with Gasteiger partial charge in [-0.1, -0.05) is 0 Å². The Kier molecular flexibility index (Phi) is 4.26. The highest BCUT2D eigenvalue weighted by Crippen LogP contribution is 2.25. The summed E-state index contributed by atoms with van der Waals surface area (Å²) in [7, 11) is 0. The third kappa shape index (κ3) is 3.21. The molecule has 6 nitrogen and oxygen atoms in total. The Morgan fingerprint density at radius 1 is 1.24 bits per heavy atom. The topological polar surface area (TPSA) is 89.7 Å². The van der Waals surface area contributed by atoms with Crippen molar-refractivity contribution >= 4 is 23.5 Å². The standard InChI is InChI=1S/C15H18N2O4/c1-9(2)21-13(18)4-3-7-17-14(19)11-6-5-10(16)8-12(11)15(17)20/h5-6,8-9H,3-4,7,16H2,1-2H3. The maximum atomic E-state index is 12.1. The number of imide groups is 1. The maximum absolute atomic E-state index is 12.1. The van der Waals surface area contributed by atoms with Crippen LogP contribution in [0.3, 0.4) is 0 Å². The van der Waals surface area contributed by atoms with Gasteiger partial charge in [-0.05, 0) is 38.5 Å². The summed E-state index contributed by atoms with van der Waals surface area (Å²) in [6.07, 6.45) is 0.389. The molecule has 0 fully saturated rings. The molecule has 1 aliphatic rings. The van der Waals surface area contributed by atoms with Crippen molar-refractivity contribution in [2.24, 2.45) is 0 Å². The van der Waals surface area contributed by atoms with E-state index in [0.29, 0.717) is 23.2 Å².